The lowest BCUT2D eigenvalue weighted by molar-refractivity contribution is -0.143. The summed E-state index contributed by atoms with van der Waals surface area (Å²) in [6.07, 6.45) is 1.63. The number of hydrogen-bond donors (Lipinski definition) is 1. The average molecular weight is 279 g/mol. The van der Waals surface area contributed by atoms with Crippen molar-refractivity contribution in [2.75, 3.05) is 20.3 Å². The van der Waals surface area contributed by atoms with Crippen LogP contribution in [0.4, 0.5) is 0 Å². The van der Waals surface area contributed by atoms with Crippen LogP contribution in [0.1, 0.15) is 26.7 Å². The summed E-state index contributed by atoms with van der Waals surface area (Å²) in [5.41, 5.74) is 0. The summed E-state index contributed by atoms with van der Waals surface area (Å²) >= 11 is 0. The molecule has 0 fully saturated rings. The molecule has 0 bridgehead atoms. The van der Waals surface area contributed by atoms with Gasteiger partial charge in [-0.25, -0.2) is 0 Å². The second-order valence-electron chi connectivity index (χ2n) is 5.17. The number of para-hydroxylation sites is 1. The maximum Gasteiger partial charge on any atom is 0.322 e. The van der Waals surface area contributed by atoms with E-state index in [2.05, 4.69) is 19.2 Å². The van der Waals surface area contributed by atoms with Crippen LogP contribution in [-0.4, -0.2) is 32.3 Å². The van der Waals surface area contributed by atoms with Crippen molar-refractivity contribution < 1.29 is 14.3 Å². The summed E-state index contributed by atoms with van der Waals surface area (Å²) in [5.74, 6) is 1.13. The monoisotopic (exact) mass is 279 g/mol. The molecule has 1 aromatic rings. The molecule has 4 nitrogen and oxygen atoms in total. The summed E-state index contributed by atoms with van der Waals surface area (Å²) in [5, 5.41) is 3.23. The van der Waals surface area contributed by atoms with Crippen molar-refractivity contribution in [1.29, 1.82) is 0 Å². The molecule has 1 aromatic carbocycles. The van der Waals surface area contributed by atoms with Gasteiger partial charge in [0.25, 0.3) is 0 Å². The fourth-order valence-corrected chi connectivity index (χ4v) is 1.93. The van der Waals surface area contributed by atoms with Crippen LogP contribution in [-0.2, 0) is 9.53 Å². The second-order valence-corrected chi connectivity index (χ2v) is 5.17. The second kappa shape index (κ2) is 9.37. The molecular formula is C16H25NO3. The first-order valence-corrected chi connectivity index (χ1v) is 7.12. The van der Waals surface area contributed by atoms with Gasteiger partial charge in [0, 0.05) is 0 Å². The smallest absolute Gasteiger partial charge is 0.322 e. The van der Waals surface area contributed by atoms with E-state index in [9.17, 15) is 4.79 Å². The normalized spacial score (nSPS) is 12.2. The highest BCUT2D eigenvalue weighted by Crippen LogP contribution is 2.09. The Bertz CT molecular complexity index is 379. The molecule has 0 spiro atoms. The topological polar surface area (TPSA) is 47.6 Å². The SMILES string of the molecule is COC(=O)C(CC(C)C)NCCCOc1ccccc1. The Labute approximate surface area is 121 Å². The van der Waals surface area contributed by atoms with Crippen LogP contribution >= 0.6 is 0 Å². The van der Waals surface area contributed by atoms with E-state index in [4.69, 9.17) is 9.47 Å². The molecule has 0 heterocycles. The predicted octanol–water partition coefficient (Wildman–Crippen LogP) is 2.63. The Kier molecular flexibility index (Phi) is 7.73. The zero-order valence-electron chi connectivity index (χ0n) is 12.6. The van der Waals surface area contributed by atoms with Crippen molar-refractivity contribution in [3.63, 3.8) is 0 Å². The van der Waals surface area contributed by atoms with Gasteiger partial charge in [-0.1, -0.05) is 32.0 Å². The zero-order chi connectivity index (χ0) is 14.8. The molecule has 1 atom stereocenters. The van der Waals surface area contributed by atoms with Crippen molar-refractivity contribution in [2.45, 2.75) is 32.7 Å². The van der Waals surface area contributed by atoms with Crippen molar-refractivity contribution in [1.82, 2.24) is 5.32 Å². The Balaban J connectivity index is 2.21. The maximum atomic E-state index is 11.6. The molecule has 0 saturated heterocycles. The van der Waals surface area contributed by atoms with Gasteiger partial charge in [0.05, 0.1) is 13.7 Å². The molecule has 0 aromatic heterocycles. The van der Waals surface area contributed by atoms with Crippen molar-refractivity contribution in [3.05, 3.63) is 30.3 Å². The van der Waals surface area contributed by atoms with Crippen molar-refractivity contribution >= 4 is 5.97 Å². The number of hydrogen-bond acceptors (Lipinski definition) is 4. The lowest BCUT2D eigenvalue weighted by Gasteiger charge is -2.18. The Morgan fingerprint density at radius 3 is 2.55 bits per heavy atom. The molecule has 1 unspecified atom stereocenters. The quantitative estimate of drug-likeness (QED) is 0.557. The third kappa shape index (κ3) is 6.57. The number of ether oxygens (including phenoxy) is 2. The van der Waals surface area contributed by atoms with Gasteiger partial charge in [-0.15, -0.1) is 0 Å². The number of carbonyl (C=O) groups is 1. The maximum absolute atomic E-state index is 11.6. The van der Waals surface area contributed by atoms with E-state index in [1.54, 1.807) is 0 Å². The van der Waals surface area contributed by atoms with E-state index in [0.717, 1.165) is 25.1 Å². The fourth-order valence-electron chi connectivity index (χ4n) is 1.93. The standard InChI is InChI=1S/C16H25NO3/c1-13(2)12-15(16(18)19-3)17-10-7-11-20-14-8-5-4-6-9-14/h4-6,8-9,13,15,17H,7,10-12H2,1-3H3. The third-order valence-electron chi connectivity index (χ3n) is 2.92. The molecule has 0 aliphatic heterocycles. The molecule has 0 saturated carbocycles. The first kappa shape index (κ1) is 16.5. The van der Waals surface area contributed by atoms with E-state index >= 15 is 0 Å². The molecule has 0 aliphatic rings. The molecule has 4 heteroatoms. The first-order valence-electron chi connectivity index (χ1n) is 7.12. The van der Waals surface area contributed by atoms with Gasteiger partial charge in [0.15, 0.2) is 0 Å². The van der Waals surface area contributed by atoms with Crippen LogP contribution in [0.25, 0.3) is 0 Å². The van der Waals surface area contributed by atoms with E-state index in [1.807, 2.05) is 30.3 Å². The number of rotatable bonds is 9. The molecule has 20 heavy (non-hydrogen) atoms. The van der Waals surface area contributed by atoms with E-state index < -0.39 is 0 Å². The zero-order valence-corrected chi connectivity index (χ0v) is 12.6. The molecule has 0 amide bonds. The number of benzene rings is 1. The molecule has 112 valence electrons. The van der Waals surface area contributed by atoms with Gasteiger partial charge in [-0.2, -0.15) is 0 Å². The van der Waals surface area contributed by atoms with Crippen LogP contribution in [0.15, 0.2) is 30.3 Å². The van der Waals surface area contributed by atoms with E-state index in [1.165, 1.54) is 7.11 Å². The number of carbonyl (C=O) groups excluding carboxylic acids is 1. The minimum atomic E-state index is -0.225. The van der Waals surface area contributed by atoms with Gasteiger partial charge >= 0.3 is 5.97 Å². The predicted molar refractivity (Wildman–Crippen MR) is 79.8 cm³/mol. The van der Waals surface area contributed by atoms with Crippen molar-refractivity contribution in [3.8, 4) is 5.75 Å². The number of esters is 1. The van der Waals surface area contributed by atoms with Crippen LogP contribution < -0.4 is 10.1 Å². The van der Waals surface area contributed by atoms with Gasteiger partial charge < -0.3 is 14.8 Å². The number of nitrogens with one attached hydrogen (secondary N) is 1. The summed E-state index contributed by atoms with van der Waals surface area (Å²) in [6, 6.07) is 9.50. The summed E-state index contributed by atoms with van der Waals surface area (Å²) in [6.45, 7) is 5.55. The van der Waals surface area contributed by atoms with E-state index in [0.29, 0.717) is 12.5 Å². The summed E-state index contributed by atoms with van der Waals surface area (Å²) in [4.78, 5) is 11.6. The lowest BCUT2D eigenvalue weighted by atomic mass is 10.0. The average Bonchev–Trinajstić information content (AvgIpc) is 2.45. The minimum Gasteiger partial charge on any atom is -0.494 e. The van der Waals surface area contributed by atoms with Crippen LogP contribution in [0.3, 0.4) is 0 Å². The lowest BCUT2D eigenvalue weighted by Crippen LogP contribution is -2.39. The summed E-state index contributed by atoms with van der Waals surface area (Å²) < 4.78 is 10.4. The first-order chi connectivity index (χ1) is 9.63. The highest BCUT2D eigenvalue weighted by Gasteiger charge is 2.19. The fraction of sp³-hybridized carbons (Fsp3) is 0.562. The Morgan fingerprint density at radius 1 is 1.25 bits per heavy atom. The highest BCUT2D eigenvalue weighted by atomic mass is 16.5. The van der Waals surface area contributed by atoms with Gasteiger partial charge in [0.1, 0.15) is 11.8 Å². The Morgan fingerprint density at radius 2 is 1.95 bits per heavy atom. The van der Waals surface area contributed by atoms with Crippen LogP contribution in [0, 0.1) is 5.92 Å². The van der Waals surface area contributed by atoms with E-state index in [-0.39, 0.29) is 12.0 Å². The molecular weight excluding hydrogens is 254 g/mol. The van der Waals surface area contributed by atoms with Crippen LogP contribution in [0.5, 0.6) is 5.75 Å². The summed E-state index contributed by atoms with van der Waals surface area (Å²) in [7, 11) is 1.43. The molecule has 0 aliphatic carbocycles. The van der Waals surface area contributed by atoms with Crippen molar-refractivity contribution in [2.24, 2.45) is 5.92 Å². The van der Waals surface area contributed by atoms with Gasteiger partial charge in [-0.05, 0) is 37.4 Å². The third-order valence-corrected chi connectivity index (χ3v) is 2.92. The molecule has 1 rings (SSSR count). The van der Waals surface area contributed by atoms with Gasteiger partial charge in [0.2, 0.25) is 0 Å². The minimum absolute atomic E-state index is 0.192. The van der Waals surface area contributed by atoms with Gasteiger partial charge in [-0.3, -0.25) is 4.79 Å². The highest BCUT2D eigenvalue weighted by molar-refractivity contribution is 5.75. The van der Waals surface area contributed by atoms with Crippen LogP contribution in [0.2, 0.25) is 0 Å². The number of methoxy groups -OCH3 is 1. The Hall–Kier alpha value is -1.55. The molecule has 1 N–H and O–H groups in total. The molecule has 0 radical (unpaired) electrons. The largest absolute Gasteiger partial charge is 0.494 e.